The van der Waals surface area contributed by atoms with Crippen molar-refractivity contribution < 1.29 is 28.7 Å². The molecule has 0 N–H and O–H groups in total. The number of fused-ring (bicyclic) bond motifs is 2. The minimum atomic E-state index is -0.337. The summed E-state index contributed by atoms with van der Waals surface area (Å²) in [5.41, 5.74) is 3.28. The minimum Gasteiger partial charge on any atom is -0.457 e. The highest BCUT2D eigenvalue weighted by molar-refractivity contribution is 6.22. The Bertz CT molecular complexity index is 1810. The van der Waals surface area contributed by atoms with E-state index in [1.54, 1.807) is 36.4 Å². The largest absolute Gasteiger partial charge is 0.457 e. The number of ether oxygens (including phenoxy) is 2. The molecule has 0 radical (unpaired) electrons. The Morgan fingerprint density at radius 2 is 0.907 bits per heavy atom. The molecule has 0 aromatic heterocycles. The van der Waals surface area contributed by atoms with Gasteiger partial charge >= 0.3 is 0 Å². The van der Waals surface area contributed by atoms with Crippen LogP contribution in [-0.2, 0) is 5.41 Å². The van der Waals surface area contributed by atoms with Crippen molar-refractivity contribution >= 4 is 23.6 Å². The second-order valence-corrected chi connectivity index (χ2v) is 11.5. The zero-order chi connectivity index (χ0) is 30.6. The molecule has 8 nitrogen and oxygen atoms in total. The van der Waals surface area contributed by atoms with Crippen molar-refractivity contribution in [2.75, 3.05) is 7.05 Å². The Kier molecular flexibility index (Phi) is 6.64. The first kappa shape index (κ1) is 27.9. The summed E-state index contributed by atoms with van der Waals surface area (Å²) < 4.78 is 12.0. The van der Waals surface area contributed by atoms with Gasteiger partial charge in [-0.15, -0.1) is 0 Å². The van der Waals surface area contributed by atoms with Gasteiger partial charge in [0.15, 0.2) is 0 Å². The lowest BCUT2D eigenvalue weighted by Gasteiger charge is -2.26. The molecule has 216 valence electrons. The molecule has 4 aromatic carbocycles. The van der Waals surface area contributed by atoms with E-state index < -0.39 is 0 Å². The number of nitrogens with zero attached hydrogens (tertiary/aromatic N) is 2. The lowest BCUT2D eigenvalue weighted by Crippen LogP contribution is -2.35. The smallest absolute Gasteiger partial charge is 0.261 e. The zero-order valence-corrected chi connectivity index (χ0v) is 24.5. The molecule has 4 aromatic rings. The first-order chi connectivity index (χ1) is 20.5. The predicted molar refractivity (Wildman–Crippen MR) is 160 cm³/mol. The van der Waals surface area contributed by atoms with Crippen molar-refractivity contribution in [3.63, 3.8) is 0 Å². The molecule has 0 atom stereocenters. The highest BCUT2D eigenvalue weighted by Crippen LogP contribution is 2.36. The summed E-state index contributed by atoms with van der Waals surface area (Å²) in [6.45, 7) is 7.88. The van der Waals surface area contributed by atoms with Crippen LogP contribution >= 0.6 is 0 Å². The monoisotopic (exact) mass is 574 g/mol. The van der Waals surface area contributed by atoms with E-state index in [1.165, 1.54) is 11.9 Å². The fraction of sp³-hybridized carbons (Fsp3) is 0.200. The third-order valence-corrected chi connectivity index (χ3v) is 8.09. The van der Waals surface area contributed by atoms with Crippen molar-refractivity contribution in [2.24, 2.45) is 0 Å². The van der Waals surface area contributed by atoms with Crippen LogP contribution in [0.3, 0.4) is 0 Å². The summed E-state index contributed by atoms with van der Waals surface area (Å²) in [4.78, 5) is 52.2. The zero-order valence-electron chi connectivity index (χ0n) is 24.5. The van der Waals surface area contributed by atoms with E-state index in [-0.39, 0.29) is 35.1 Å². The van der Waals surface area contributed by atoms with E-state index >= 15 is 0 Å². The molecule has 2 aliphatic rings. The molecule has 0 aliphatic carbocycles. The molecule has 4 amide bonds. The topological polar surface area (TPSA) is 93.2 Å². The number of benzene rings is 4. The van der Waals surface area contributed by atoms with Gasteiger partial charge in [0.25, 0.3) is 23.6 Å². The van der Waals surface area contributed by atoms with Crippen LogP contribution in [0.5, 0.6) is 23.0 Å². The maximum atomic E-state index is 12.7. The molecule has 2 heterocycles. The van der Waals surface area contributed by atoms with Gasteiger partial charge in [0.1, 0.15) is 23.0 Å². The summed E-state index contributed by atoms with van der Waals surface area (Å²) in [5, 5.41) is 0. The molecule has 0 spiro atoms. The Balaban J connectivity index is 1.14. The van der Waals surface area contributed by atoms with Crippen LogP contribution < -0.4 is 9.47 Å². The normalized spacial score (nSPS) is 14.5. The standard InChI is InChI=1S/C35H30N2O6/c1-20(2)37-33(40)28-17-15-26(19-30(28)34(37)41)43-24-12-8-22(9-13-24)35(3,4)21-6-10-23(11-7-21)42-25-14-16-27-29(18-25)32(39)36(5)31(27)38/h6-20H,1-5H3. The lowest BCUT2D eigenvalue weighted by molar-refractivity contribution is 0.0606. The third-order valence-electron chi connectivity index (χ3n) is 8.09. The maximum absolute atomic E-state index is 12.7. The second-order valence-electron chi connectivity index (χ2n) is 11.5. The highest BCUT2D eigenvalue weighted by Gasteiger charge is 2.37. The SMILES string of the molecule is CC(C)N1C(=O)c2ccc(Oc3ccc(C(C)(C)c4ccc(Oc5ccc6c(c5)C(=O)N(C)C6=O)cc4)cc3)cc2C1=O. The second kappa shape index (κ2) is 10.2. The number of amides is 4. The van der Waals surface area contributed by atoms with Gasteiger partial charge in [0.05, 0.1) is 22.3 Å². The Labute approximate surface area is 249 Å². The number of hydrogen-bond acceptors (Lipinski definition) is 6. The van der Waals surface area contributed by atoms with Crippen LogP contribution in [0.25, 0.3) is 0 Å². The molecular weight excluding hydrogens is 544 g/mol. The van der Waals surface area contributed by atoms with E-state index in [0.717, 1.165) is 16.0 Å². The molecule has 0 unspecified atom stereocenters. The van der Waals surface area contributed by atoms with E-state index in [9.17, 15) is 19.2 Å². The van der Waals surface area contributed by atoms with Crippen molar-refractivity contribution in [2.45, 2.75) is 39.2 Å². The van der Waals surface area contributed by atoms with Gasteiger partial charge in [-0.3, -0.25) is 29.0 Å². The van der Waals surface area contributed by atoms with Gasteiger partial charge in [-0.2, -0.15) is 0 Å². The molecule has 0 saturated heterocycles. The molecule has 6 rings (SSSR count). The van der Waals surface area contributed by atoms with Crippen molar-refractivity contribution in [1.82, 2.24) is 9.80 Å². The highest BCUT2D eigenvalue weighted by atomic mass is 16.5. The molecule has 0 fully saturated rings. The summed E-state index contributed by atoms with van der Waals surface area (Å²) in [6, 6.07) is 25.2. The Morgan fingerprint density at radius 3 is 1.37 bits per heavy atom. The van der Waals surface area contributed by atoms with E-state index in [2.05, 4.69) is 13.8 Å². The summed E-state index contributed by atoms with van der Waals surface area (Å²) in [5.74, 6) is 0.956. The maximum Gasteiger partial charge on any atom is 0.261 e. The molecule has 2 aliphatic heterocycles. The van der Waals surface area contributed by atoms with Crippen LogP contribution in [0.4, 0.5) is 0 Å². The van der Waals surface area contributed by atoms with Crippen LogP contribution in [0.15, 0.2) is 84.9 Å². The van der Waals surface area contributed by atoms with E-state index in [1.807, 2.05) is 62.4 Å². The molecule has 43 heavy (non-hydrogen) atoms. The van der Waals surface area contributed by atoms with Crippen LogP contribution in [-0.4, -0.2) is 46.5 Å². The van der Waals surface area contributed by atoms with Gasteiger partial charge in [0, 0.05) is 18.5 Å². The Morgan fingerprint density at radius 1 is 0.535 bits per heavy atom. The summed E-state index contributed by atoms with van der Waals surface area (Å²) in [6.07, 6.45) is 0. The summed E-state index contributed by atoms with van der Waals surface area (Å²) >= 11 is 0. The first-order valence-corrected chi connectivity index (χ1v) is 14.0. The first-order valence-electron chi connectivity index (χ1n) is 14.0. The van der Waals surface area contributed by atoms with Gasteiger partial charge in [0.2, 0.25) is 0 Å². The van der Waals surface area contributed by atoms with Crippen LogP contribution in [0.2, 0.25) is 0 Å². The molecule has 0 bridgehead atoms. The minimum absolute atomic E-state index is 0.219. The van der Waals surface area contributed by atoms with Gasteiger partial charge < -0.3 is 9.47 Å². The van der Waals surface area contributed by atoms with Crippen molar-refractivity contribution in [1.29, 1.82) is 0 Å². The average Bonchev–Trinajstić information content (AvgIpc) is 3.37. The van der Waals surface area contributed by atoms with Gasteiger partial charge in [-0.05, 0) is 85.6 Å². The van der Waals surface area contributed by atoms with Crippen molar-refractivity contribution in [3.8, 4) is 23.0 Å². The van der Waals surface area contributed by atoms with E-state index in [0.29, 0.717) is 45.3 Å². The van der Waals surface area contributed by atoms with Gasteiger partial charge in [-0.1, -0.05) is 38.1 Å². The Hall–Kier alpha value is -5.24. The average molecular weight is 575 g/mol. The molecular formula is C35H30N2O6. The van der Waals surface area contributed by atoms with Crippen LogP contribution in [0, 0.1) is 0 Å². The number of rotatable bonds is 7. The van der Waals surface area contributed by atoms with Gasteiger partial charge in [-0.25, -0.2) is 0 Å². The quantitative estimate of drug-likeness (QED) is 0.225. The summed E-state index contributed by atoms with van der Waals surface area (Å²) in [7, 11) is 1.47. The molecule has 8 heteroatoms. The lowest BCUT2D eigenvalue weighted by atomic mass is 9.78. The molecule has 0 saturated carbocycles. The fourth-order valence-corrected chi connectivity index (χ4v) is 5.49. The number of carbonyl (C=O) groups is 4. The number of imide groups is 2. The van der Waals surface area contributed by atoms with Crippen molar-refractivity contribution in [3.05, 3.63) is 118 Å². The van der Waals surface area contributed by atoms with Crippen LogP contribution in [0.1, 0.15) is 80.3 Å². The fourth-order valence-electron chi connectivity index (χ4n) is 5.49. The van der Waals surface area contributed by atoms with E-state index in [4.69, 9.17) is 9.47 Å². The number of hydrogen-bond donors (Lipinski definition) is 0. The number of carbonyl (C=O) groups excluding carboxylic acids is 4. The predicted octanol–water partition coefficient (Wildman–Crippen LogP) is 6.83. The third kappa shape index (κ3) is 4.74.